The molecule has 0 saturated heterocycles. The van der Waals surface area contributed by atoms with Crippen LogP contribution in [-0.4, -0.2) is 4.98 Å². The van der Waals surface area contributed by atoms with Crippen LogP contribution in [0.15, 0.2) is 48.7 Å². The number of halogens is 1. The van der Waals surface area contributed by atoms with Gasteiger partial charge in [0.25, 0.3) is 0 Å². The quantitative estimate of drug-likeness (QED) is 0.915. The van der Waals surface area contributed by atoms with Gasteiger partial charge in [0.05, 0.1) is 16.8 Å². The second kappa shape index (κ2) is 4.71. The van der Waals surface area contributed by atoms with Crippen LogP contribution in [0.3, 0.4) is 0 Å². The van der Waals surface area contributed by atoms with Gasteiger partial charge in [-0.15, -0.1) is 0 Å². The number of aromatic nitrogens is 1. The summed E-state index contributed by atoms with van der Waals surface area (Å²) >= 11 is 5.83. The van der Waals surface area contributed by atoms with Gasteiger partial charge in [0.1, 0.15) is 0 Å². The Hall–Kier alpha value is -1.38. The molecule has 0 aliphatic heterocycles. The molecule has 3 atom stereocenters. The maximum absolute atomic E-state index is 6.27. The van der Waals surface area contributed by atoms with E-state index < -0.39 is 0 Å². The van der Waals surface area contributed by atoms with E-state index in [1.165, 1.54) is 5.56 Å². The maximum Gasteiger partial charge on any atom is 0.0589 e. The van der Waals surface area contributed by atoms with Gasteiger partial charge in [0, 0.05) is 6.20 Å². The van der Waals surface area contributed by atoms with Gasteiger partial charge >= 0.3 is 0 Å². The van der Waals surface area contributed by atoms with Crippen LogP contribution < -0.4 is 5.73 Å². The van der Waals surface area contributed by atoms with Crippen LogP contribution in [-0.2, 0) is 0 Å². The Morgan fingerprint density at radius 3 is 2.61 bits per heavy atom. The summed E-state index contributed by atoms with van der Waals surface area (Å²) in [5, 5.41) is 0.654. The van der Waals surface area contributed by atoms with Crippen molar-refractivity contribution < 1.29 is 0 Å². The molecule has 1 aromatic carbocycles. The Bertz CT molecular complexity index is 524. The zero-order valence-corrected chi connectivity index (χ0v) is 10.7. The molecule has 0 amide bonds. The molecule has 2 aromatic rings. The fourth-order valence-electron chi connectivity index (χ4n) is 2.50. The van der Waals surface area contributed by atoms with Crippen molar-refractivity contribution in [2.75, 3.05) is 0 Å². The Labute approximate surface area is 112 Å². The molecular formula is C15H15ClN2. The second-order valence-corrected chi connectivity index (χ2v) is 5.28. The fraction of sp³-hybridized carbons (Fsp3) is 0.267. The van der Waals surface area contributed by atoms with E-state index in [0.717, 1.165) is 12.1 Å². The molecule has 1 aliphatic carbocycles. The number of nitrogens with two attached hydrogens (primary N) is 1. The third kappa shape index (κ3) is 2.26. The minimum atomic E-state index is 0.00692. The Balaban J connectivity index is 1.73. The lowest BCUT2D eigenvalue weighted by Crippen LogP contribution is -2.14. The molecule has 1 aromatic heterocycles. The standard InChI is InChI=1S/C15H15ClN2/c16-11-6-7-14(18-9-11)15(17)13-8-12(13)10-4-2-1-3-5-10/h1-7,9,12-13,15H,8,17H2. The van der Waals surface area contributed by atoms with Crippen molar-refractivity contribution in [3.63, 3.8) is 0 Å². The highest BCUT2D eigenvalue weighted by atomic mass is 35.5. The van der Waals surface area contributed by atoms with E-state index in [1.807, 2.05) is 18.2 Å². The molecule has 3 unspecified atom stereocenters. The van der Waals surface area contributed by atoms with Crippen molar-refractivity contribution in [3.05, 3.63) is 64.9 Å². The summed E-state index contributed by atoms with van der Waals surface area (Å²) in [4.78, 5) is 4.31. The lowest BCUT2D eigenvalue weighted by molar-refractivity contribution is 0.599. The van der Waals surface area contributed by atoms with Gasteiger partial charge < -0.3 is 5.73 Å². The monoisotopic (exact) mass is 258 g/mol. The van der Waals surface area contributed by atoms with Gasteiger partial charge in [0.2, 0.25) is 0 Å². The van der Waals surface area contributed by atoms with Crippen molar-refractivity contribution in [1.29, 1.82) is 0 Å². The van der Waals surface area contributed by atoms with Crippen LogP contribution in [0.2, 0.25) is 5.02 Å². The first kappa shape index (κ1) is 11.7. The van der Waals surface area contributed by atoms with Crippen LogP contribution in [0.25, 0.3) is 0 Å². The predicted octanol–water partition coefficient (Wildman–Crippen LogP) is 3.54. The Morgan fingerprint density at radius 1 is 1.17 bits per heavy atom. The summed E-state index contributed by atoms with van der Waals surface area (Å²) in [6.45, 7) is 0. The lowest BCUT2D eigenvalue weighted by atomic mass is 10.0. The largest absolute Gasteiger partial charge is 0.322 e. The summed E-state index contributed by atoms with van der Waals surface area (Å²) in [6, 6.07) is 14.3. The first-order chi connectivity index (χ1) is 8.75. The molecular weight excluding hydrogens is 244 g/mol. The van der Waals surface area contributed by atoms with Crippen LogP contribution >= 0.6 is 11.6 Å². The first-order valence-corrected chi connectivity index (χ1v) is 6.55. The zero-order chi connectivity index (χ0) is 12.5. The van der Waals surface area contributed by atoms with Gasteiger partial charge in [-0.05, 0) is 36.0 Å². The molecule has 0 bridgehead atoms. The van der Waals surface area contributed by atoms with Gasteiger partial charge in [-0.1, -0.05) is 41.9 Å². The SMILES string of the molecule is NC(c1ccc(Cl)cn1)C1CC1c1ccccc1. The molecule has 3 rings (SSSR count). The molecule has 0 spiro atoms. The Kier molecular flexibility index (Phi) is 3.06. The number of hydrogen-bond donors (Lipinski definition) is 1. The number of hydrogen-bond acceptors (Lipinski definition) is 2. The molecule has 2 nitrogen and oxygen atoms in total. The molecule has 1 fully saturated rings. The molecule has 1 aliphatic rings. The predicted molar refractivity (Wildman–Crippen MR) is 73.5 cm³/mol. The number of pyridine rings is 1. The summed E-state index contributed by atoms with van der Waals surface area (Å²) in [6.07, 6.45) is 2.81. The smallest absolute Gasteiger partial charge is 0.0589 e. The number of nitrogens with zero attached hydrogens (tertiary/aromatic N) is 1. The van der Waals surface area contributed by atoms with Crippen LogP contribution in [0, 0.1) is 5.92 Å². The van der Waals surface area contributed by atoms with E-state index in [9.17, 15) is 0 Å². The topological polar surface area (TPSA) is 38.9 Å². The first-order valence-electron chi connectivity index (χ1n) is 6.17. The van der Waals surface area contributed by atoms with E-state index in [1.54, 1.807) is 6.20 Å². The summed E-state index contributed by atoms with van der Waals surface area (Å²) in [7, 11) is 0. The molecule has 0 radical (unpaired) electrons. The highest BCUT2D eigenvalue weighted by molar-refractivity contribution is 6.30. The normalized spacial score (nSPS) is 23.7. The van der Waals surface area contributed by atoms with Crippen LogP contribution in [0.5, 0.6) is 0 Å². The fourth-order valence-corrected chi connectivity index (χ4v) is 2.61. The highest BCUT2D eigenvalue weighted by Crippen LogP contribution is 2.52. The average molecular weight is 259 g/mol. The van der Waals surface area contributed by atoms with Gasteiger partial charge in [0.15, 0.2) is 0 Å². The molecule has 18 heavy (non-hydrogen) atoms. The summed E-state index contributed by atoms with van der Waals surface area (Å²) in [5.41, 5.74) is 8.59. The summed E-state index contributed by atoms with van der Waals surface area (Å²) < 4.78 is 0. The minimum Gasteiger partial charge on any atom is -0.322 e. The Morgan fingerprint density at radius 2 is 1.94 bits per heavy atom. The van der Waals surface area contributed by atoms with Crippen LogP contribution in [0.1, 0.15) is 29.6 Å². The molecule has 1 saturated carbocycles. The molecule has 2 N–H and O–H groups in total. The van der Waals surface area contributed by atoms with Gasteiger partial charge in [-0.2, -0.15) is 0 Å². The van der Waals surface area contributed by atoms with Crippen molar-refractivity contribution >= 4 is 11.6 Å². The van der Waals surface area contributed by atoms with E-state index in [0.29, 0.717) is 16.9 Å². The van der Waals surface area contributed by atoms with E-state index in [2.05, 4.69) is 29.2 Å². The lowest BCUT2D eigenvalue weighted by Gasteiger charge is -2.10. The summed E-state index contributed by atoms with van der Waals surface area (Å²) in [5.74, 6) is 1.08. The molecule has 1 heterocycles. The van der Waals surface area contributed by atoms with Crippen molar-refractivity contribution in [2.24, 2.45) is 11.7 Å². The van der Waals surface area contributed by atoms with Crippen molar-refractivity contribution in [2.45, 2.75) is 18.4 Å². The van der Waals surface area contributed by atoms with E-state index in [-0.39, 0.29) is 6.04 Å². The van der Waals surface area contributed by atoms with Crippen LogP contribution in [0.4, 0.5) is 0 Å². The average Bonchev–Trinajstić information content (AvgIpc) is 3.20. The van der Waals surface area contributed by atoms with E-state index >= 15 is 0 Å². The van der Waals surface area contributed by atoms with Crippen molar-refractivity contribution in [1.82, 2.24) is 4.98 Å². The van der Waals surface area contributed by atoms with E-state index in [4.69, 9.17) is 17.3 Å². The molecule has 3 heteroatoms. The highest BCUT2D eigenvalue weighted by Gasteiger charge is 2.43. The van der Waals surface area contributed by atoms with Crippen molar-refractivity contribution in [3.8, 4) is 0 Å². The van der Waals surface area contributed by atoms with Gasteiger partial charge in [-0.25, -0.2) is 0 Å². The number of benzene rings is 1. The van der Waals surface area contributed by atoms with Gasteiger partial charge in [-0.3, -0.25) is 4.98 Å². The minimum absolute atomic E-state index is 0.00692. The third-order valence-corrected chi connectivity index (χ3v) is 3.84. The third-order valence-electron chi connectivity index (χ3n) is 3.62. The maximum atomic E-state index is 6.27. The second-order valence-electron chi connectivity index (χ2n) is 4.84. The number of rotatable bonds is 3. The molecule has 92 valence electrons. The zero-order valence-electron chi connectivity index (χ0n) is 9.96.